The van der Waals surface area contributed by atoms with Crippen LogP contribution in [0.3, 0.4) is 0 Å². The van der Waals surface area contributed by atoms with Gasteiger partial charge in [-0.3, -0.25) is 0 Å². The molecular formula is C128H73B3N6SSi2. The molecule has 23 aromatic carbocycles. The van der Waals surface area contributed by atoms with Crippen LogP contribution in [0.4, 0.5) is 34.1 Å². The Bertz CT molecular complexity index is 10600. The van der Waals surface area contributed by atoms with E-state index in [-0.39, 0.29) is 20.5 Å². The molecule has 1 spiro atoms. The molecule has 0 aliphatic carbocycles. The number of fused-ring (bicyclic) bond motifs is 45. The van der Waals surface area contributed by atoms with Crippen molar-refractivity contribution in [3.8, 4) is 83.8 Å². The summed E-state index contributed by atoms with van der Waals surface area (Å²) in [7, 11) is -5.54. The summed E-state index contributed by atoms with van der Waals surface area (Å²) < 4.78 is 8.05. The van der Waals surface area contributed by atoms with E-state index in [1.807, 2.05) is 11.8 Å². The number of hydrogen-bond acceptors (Lipinski definition) is 4. The minimum atomic E-state index is -2.97. The maximum atomic E-state index is 2.84. The summed E-state index contributed by atoms with van der Waals surface area (Å²) in [5.74, 6) is 0. The lowest BCUT2D eigenvalue weighted by molar-refractivity contribution is 1.17. The lowest BCUT2D eigenvalue weighted by atomic mass is 9.43. The fraction of sp³-hybridized carbons (Fsp3) is 0.0156. The molecule has 10 aliphatic heterocycles. The van der Waals surface area contributed by atoms with Crippen LogP contribution in [0.1, 0.15) is 0 Å². The molecular weight excluding hydrogens is 1740 g/mol. The van der Waals surface area contributed by atoms with Crippen molar-refractivity contribution in [2.75, 3.05) is 14.4 Å². The highest BCUT2D eigenvalue weighted by Crippen LogP contribution is 2.60. The number of anilines is 6. The Kier molecular flexibility index (Phi) is 13.3. The summed E-state index contributed by atoms with van der Waals surface area (Å²) >= 11 is 1.94. The standard InChI is InChI=1S/C128H73B3N6SSi2/c1-139(2)112-47-21-35-90-96-64-79-61-75(74-50-55-83-80(62-74)67-106-120-117(83)94-38-22-48-113-127(94)136(101-42-13-16-46-111(101)140(113)109-44-14-11-31-86(109)87-32-12-15-45-110(87)140)131(120)98-40-17-33-88-91-57-49-71-24-6-10-30-84(71)121(91)134(106)122(88)98)51-56-85(79)128-118(96)129(97-39-18-34-89-95-63-72-25-3-4-26-73(72)65-104(95)133(128)123(89)97)137(126(90)112)102-59-54-77(69-114(102)139)76-53-58-100-108(68-76)138-107-43-20-37-93-116-82-29-9-7-27-78(82)66-105-119(116)130(135(100)125(93)107)99-41-19-36-92-115-81-28-8-5-23-70(81)52-60-103(115)132(105)124(92)99/h3-69H,1-2H3. The van der Waals surface area contributed by atoms with E-state index in [0.29, 0.717) is 0 Å². The van der Waals surface area contributed by atoms with Gasteiger partial charge in [0.15, 0.2) is 8.07 Å². The fourth-order valence-corrected chi connectivity index (χ4v) is 39.3. The van der Waals surface area contributed by atoms with Crippen LogP contribution in [0.25, 0.3) is 214 Å². The van der Waals surface area contributed by atoms with E-state index in [0.717, 1.165) is 0 Å². The van der Waals surface area contributed by atoms with Gasteiger partial charge in [-0.25, -0.2) is 0 Å². The van der Waals surface area contributed by atoms with Crippen LogP contribution < -0.4 is 78.3 Å². The Morgan fingerprint density at radius 3 is 1.46 bits per heavy atom. The van der Waals surface area contributed by atoms with E-state index in [2.05, 4.69) is 448 Å². The summed E-state index contributed by atoms with van der Waals surface area (Å²) in [6.45, 7) is 4.90. The van der Waals surface area contributed by atoms with Crippen molar-refractivity contribution < 1.29 is 0 Å². The molecule has 0 bridgehead atoms. The first kappa shape index (κ1) is 73.7. The Morgan fingerprint density at radius 2 is 0.700 bits per heavy atom. The van der Waals surface area contributed by atoms with Crippen molar-refractivity contribution in [2.24, 2.45) is 0 Å². The van der Waals surface area contributed by atoms with E-state index >= 15 is 0 Å². The summed E-state index contributed by atoms with van der Waals surface area (Å²) in [4.78, 5) is 11.0. The third-order valence-electron chi connectivity index (χ3n) is 34.9. The molecule has 10 aliphatic rings. The predicted molar refractivity (Wildman–Crippen MR) is 600 cm³/mol. The molecule has 0 N–H and O–H groups in total. The minimum Gasteiger partial charge on any atom is -0.377 e. The Hall–Kier alpha value is -16.6. The van der Waals surface area contributed by atoms with Gasteiger partial charge in [0.2, 0.25) is 0 Å². The number of nitrogens with zero attached hydrogens (tertiary/aromatic N) is 6. The van der Waals surface area contributed by atoms with Crippen LogP contribution >= 0.6 is 11.8 Å². The van der Waals surface area contributed by atoms with Gasteiger partial charge in [-0.1, -0.05) is 352 Å². The van der Waals surface area contributed by atoms with Crippen molar-refractivity contribution >= 4 is 277 Å². The number of hydrogen-bond donors (Lipinski definition) is 0. The second-order valence-corrected chi connectivity index (χ2v) is 50.4. The summed E-state index contributed by atoms with van der Waals surface area (Å²) in [6.07, 6.45) is 0. The summed E-state index contributed by atoms with van der Waals surface area (Å²) in [5, 5.41) is 31.7. The molecule has 12 heteroatoms. The van der Waals surface area contributed by atoms with Gasteiger partial charge in [0.25, 0.3) is 0 Å². The molecule has 0 saturated heterocycles. The topological polar surface area (TPSA) is 24.5 Å². The van der Waals surface area contributed by atoms with Gasteiger partial charge in [0.1, 0.15) is 8.07 Å². The van der Waals surface area contributed by atoms with Crippen LogP contribution in [0.2, 0.25) is 13.1 Å². The maximum absolute atomic E-state index is 2.97. The first-order chi connectivity index (χ1) is 69.2. The van der Waals surface area contributed by atoms with Gasteiger partial charge < -0.3 is 28.1 Å². The molecule has 0 amide bonds. The van der Waals surface area contributed by atoms with Crippen LogP contribution in [-0.2, 0) is 0 Å². The molecule has 0 radical (unpaired) electrons. The average Bonchev–Trinajstić information content (AvgIpc) is 1.45. The van der Waals surface area contributed by atoms with Gasteiger partial charge >= 0.3 is 20.5 Å². The summed E-state index contributed by atoms with van der Waals surface area (Å²) in [6, 6.07) is 161. The Balaban J connectivity index is 0.542. The van der Waals surface area contributed by atoms with Gasteiger partial charge in [0, 0.05) is 109 Å². The molecule has 36 rings (SSSR count). The third kappa shape index (κ3) is 8.52. The first-order valence-electron chi connectivity index (χ1n) is 49.4. The van der Waals surface area contributed by atoms with Crippen molar-refractivity contribution in [1.29, 1.82) is 0 Å². The third-order valence-corrected chi connectivity index (χ3v) is 44.4. The monoisotopic (exact) mass is 1810 g/mol. The minimum absolute atomic E-state index is 0.0839. The molecule has 0 unspecified atom stereocenters. The lowest BCUT2D eigenvalue weighted by Crippen LogP contribution is -2.78. The molecule has 0 fully saturated rings. The molecule has 140 heavy (non-hydrogen) atoms. The zero-order chi connectivity index (χ0) is 90.3. The molecule has 0 atom stereocenters. The van der Waals surface area contributed by atoms with Gasteiger partial charge in [-0.2, -0.15) is 0 Å². The fourth-order valence-electron chi connectivity index (χ4n) is 29.6. The molecule has 0 saturated carbocycles. The number of para-hydroxylation sites is 7. The average molecular weight is 1820 g/mol. The smallest absolute Gasteiger partial charge is 0.333 e. The predicted octanol–water partition coefficient (Wildman–Crippen LogP) is 24.2. The number of rotatable bonds is 2. The van der Waals surface area contributed by atoms with E-state index in [9.17, 15) is 0 Å². The van der Waals surface area contributed by atoms with Crippen molar-refractivity contribution in [2.45, 2.75) is 22.9 Å². The number of benzene rings is 23. The van der Waals surface area contributed by atoms with E-state index < -0.39 is 16.1 Å². The van der Waals surface area contributed by atoms with Crippen LogP contribution in [0.15, 0.2) is 416 Å². The van der Waals surface area contributed by atoms with Gasteiger partial charge in [-0.15, -0.1) is 0 Å². The van der Waals surface area contributed by atoms with Crippen LogP contribution in [0.5, 0.6) is 0 Å². The Labute approximate surface area is 811 Å². The SMILES string of the molecule is C[Si]1(C)c2cc(-c3ccc4c(c3)Sc3cccc5c3N4B3c4c(cc6ccccc6c4-5)-n4c5ccc6ccccc6c5c5cccc3c54)ccc2N2B3c4c(cc5cc(-c6ccc7c8c9c(cc7c6)-n6c7c(cccc7c7ccc%10ccccc%10c76)B9N6c7ccccc7[Si]7(c9ccccc9-c9ccccc97)c7cccc-8c76)ccc5c4-n4c5cc6ccccc6cc5c5cccc3c54)-c3cccc1c32. The quantitative estimate of drug-likeness (QED) is 0.161. The maximum Gasteiger partial charge on any atom is 0.333 e. The highest BCUT2D eigenvalue weighted by molar-refractivity contribution is 7.99. The highest BCUT2D eigenvalue weighted by Gasteiger charge is 2.59. The van der Waals surface area contributed by atoms with Gasteiger partial charge in [-0.05, 0) is 247 Å². The van der Waals surface area contributed by atoms with E-state index in [1.54, 1.807) is 0 Å². The van der Waals surface area contributed by atoms with Crippen LogP contribution in [0, 0.1) is 0 Å². The largest absolute Gasteiger partial charge is 0.377 e. The van der Waals surface area contributed by atoms with Crippen molar-refractivity contribution in [3.05, 3.63) is 406 Å². The zero-order valence-corrected chi connectivity index (χ0v) is 78.8. The second-order valence-electron chi connectivity index (χ2n) is 41.3. The highest BCUT2D eigenvalue weighted by atomic mass is 32.2. The first-order valence-corrected chi connectivity index (χ1v) is 55.3. The van der Waals surface area contributed by atoms with Crippen molar-refractivity contribution in [3.63, 3.8) is 0 Å². The molecule has 3 aromatic heterocycles. The molecule has 6 nitrogen and oxygen atoms in total. The second kappa shape index (κ2) is 25.2. The molecule has 13 heterocycles. The summed E-state index contributed by atoms with van der Waals surface area (Å²) in [5.41, 5.74) is 43.0. The van der Waals surface area contributed by atoms with E-state index in [4.69, 9.17) is 0 Å². The van der Waals surface area contributed by atoms with Crippen molar-refractivity contribution in [1.82, 2.24) is 13.7 Å². The van der Waals surface area contributed by atoms with Crippen LogP contribution in [-0.4, -0.2) is 50.4 Å². The normalized spacial score (nSPS) is 14.9. The molecule has 638 valence electrons. The zero-order valence-electron chi connectivity index (χ0n) is 76.0. The lowest BCUT2D eigenvalue weighted by Gasteiger charge is -2.50. The molecule has 26 aromatic rings. The van der Waals surface area contributed by atoms with Gasteiger partial charge in [0.05, 0.1) is 44.5 Å². The Morgan fingerprint density at radius 1 is 0.221 bits per heavy atom. The van der Waals surface area contributed by atoms with E-state index in [1.165, 1.54) is 322 Å². The number of aromatic nitrogens is 3.